The van der Waals surface area contributed by atoms with Crippen molar-refractivity contribution in [2.24, 2.45) is 4.99 Å². The van der Waals surface area contributed by atoms with E-state index >= 15 is 0 Å². The first kappa shape index (κ1) is 20.0. The minimum absolute atomic E-state index is 0. The summed E-state index contributed by atoms with van der Waals surface area (Å²) in [7, 11) is 1.64. The Morgan fingerprint density at radius 1 is 1.29 bits per heavy atom. The van der Waals surface area contributed by atoms with E-state index in [1.807, 2.05) is 6.92 Å². The minimum Gasteiger partial charge on any atom is -0.385 e. The van der Waals surface area contributed by atoms with E-state index in [1.54, 1.807) is 7.11 Å². The zero-order chi connectivity index (χ0) is 14.8. The lowest BCUT2D eigenvalue weighted by Gasteiger charge is -2.11. The molecule has 0 spiro atoms. The standard InChI is InChI=1S/C14H21F2N3O.HI/c1-3-17-14(18-7-4-8-20-2)19-10-11-9-12(15)5-6-13(11)16;/h5-6,9H,3-4,7-8,10H2,1-2H3,(H2,17,18,19);1H. The molecule has 1 rings (SSSR count). The Kier molecular flexibility index (Phi) is 11.1. The van der Waals surface area contributed by atoms with Gasteiger partial charge < -0.3 is 15.4 Å². The second kappa shape index (κ2) is 11.7. The van der Waals surface area contributed by atoms with E-state index in [4.69, 9.17) is 4.74 Å². The topological polar surface area (TPSA) is 45.7 Å². The molecule has 0 radical (unpaired) electrons. The maximum atomic E-state index is 13.5. The maximum absolute atomic E-state index is 13.5. The number of hydrogen-bond donors (Lipinski definition) is 2. The van der Waals surface area contributed by atoms with Crippen LogP contribution in [0.25, 0.3) is 0 Å². The summed E-state index contributed by atoms with van der Waals surface area (Å²) in [5, 5.41) is 6.15. The summed E-state index contributed by atoms with van der Waals surface area (Å²) >= 11 is 0. The Morgan fingerprint density at radius 2 is 2.05 bits per heavy atom. The van der Waals surface area contributed by atoms with Gasteiger partial charge in [-0.2, -0.15) is 0 Å². The molecule has 0 amide bonds. The number of rotatable bonds is 7. The molecule has 0 bridgehead atoms. The van der Waals surface area contributed by atoms with E-state index < -0.39 is 11.6 Å². The largest absolute Gasteiger partial charge is 0.385 e. The van der Waals surface area contributed by atoms with Crippen LogP contribution in [0.15, 0.2) is 23.2 Å². The smallest absolute Gasteiger partial charge is 0.191 e. The molecule has 0 unspecified atom stereocenters. The van der Waals surface area contributed by atoms with Gasteiger partial charge in [0.25, 0.3) is 0 Å². The Balaban J connectivity index is 0.00000400. The van der Waals surface area contributed by atoms with Crippen molar-refractivity contribution in [1.82, 2.24) is 10.6 Å². The van der Waals surface area contributed by atoms with E-state index in [-0.39, 0.29) is 36.1 Å². The maximum Gasteiger partial charge on any atom is 0.191 e. The summed E-state index contributed by atoms with van der Waals surface area (Å²) in [6, 6.07) is 3.36. The fraction of sp³-hybridized carbons (Fsp3) is 0.500. The highest BCUT2D eigenvalue weighted by atomic mass is 127. The molecule has 0 aliphatic carbocycles. The van der Waals surface area contributed by atoms with Gasteiger partial charge in [0.1, 0.15) is 11.6 Å². The first-order valence-electron chi connectivity index (χ1n) is 6.62. The SMILES string of the molecule is CCNC(=NCc1cc(F)ccc1F)NCCCOC.I. The van der Waals surface area contributed by atoms with Gasteiger partial charge in [0.2, 0.25) is 0 Å². The molecule has 0 atom stereocenters. The quantitative estimate of drug-likeness (QED) is 0.313. The lowest BCUT2D eigenvalue weighted by atomic mass is 10.2. The Morgan fingerprint density at radius 3 is 2.71 bits per heavy atom. The summed E-state index contributed by atoms with van der Waals surface area (Å²) < 4.78 is 31.5. The Hall–Kier alpha value is -0.960. The van der Waals surface area contributed by atoms with Crippen LogP contribution in [0.2, 0.25) is 0 Å². The van der Waals surface area contributed by atoms with E-state index in [2.05, 4.69) is 15.6 Å². The molecule has 1 aromatic carbocycles. The normalized spacial score (nSPS) is 11.0. The van der Waals surface area contributed by atoms with E-state index in [9.17, 15) is 8.78 Å². The molecule has 0 fully saturated rings. The second-order valence-corrected chi connectivity index (χ2v) is 4.20. The second-order valence-electron chi connectivity index (χ2n) is 4.20. The van der Waals surface area contributed by atoms with Crippen molar-refractivity contribution >= 4 is 29.9 Å². The molecule has 0 aromatic heterocycles. The van der Waals surface area contributed by atoms with Gasteiger partial charge in [-0.05, 0) is 31.5 Å². The molecule has 0 aliphatic heterocycles. The summed E-state index contributed by atoms with van der Waals surface area (Å²) in [5.74, 6) is -0.340. The van der Waals surface area contributed by atoms with Gasteiger partial charge in [-0.1, -0.05) is 0 Å². The van der Waals surface area contributed by atoms with Gasteiger partial charge in [-0.25, -0.2) is 13.8 Å². The molecule has 0 saturated heterocycles. The third-order valence-electron chi connectivity index (χ3n) is 2.58. The fourth-order valence-electron chi connectivity index (χ4n) is 1.59. The van der Waals surface area contributed by atoms with Crippen molar-refractivity contribution < 1.29 is 13.5 Å². The highest BCUT2D eigenvalue weighted by Gasteiger charge is 2.04. The van der Waals surface area contributed by atoms with Crippen molar-refractivity contribution in [1.29, 1.82) is 0 Å². The Bertz CT molecular complexity index is 444. The third kappa shape index (κ3) is 8.15. The zero-order valence-electron chi connectivity index (χ0n) is 12.3. The predicted molar refractivity (Wildman–Crippen MR) is 91.1 cm³/mol. The van der Waals surface area contributed by atoms with Crippen molar-refractivity contribution in [3.05, 3.63) is 35.4 Å². The number of aliphatic imine (C=N–C) groups is 1. The van der Waals surface area contributed by atoms with E-state index in [1.165, 1.54) is 0 Å². The monoisotopic (exact) mass is 413 g/mol. The molecule has 21 heavy (non-hydrogen) atoms. The molecular formula is C14H22F2IN3O. The molecular weight excluding hydrogens is 391 g/mol. The van der Waals surface area contributed by atoms with Crippen molar-refractivity contribution in [3.8, 4) is 0 Å². The van der Waals surface area contributed by atoms with E-state index in [0.29, 0.717) is 25.7 Å². The average molecular weight is 413 g/mol. The van der Waals surface area contributed by atoms with Crippen LogP contribution in [0.3, 0.4) is 0 Å². The van der Waals surface area contributed by atoms with Gasteiger partial charge in [-0.15, -0.1) is 24.0 Å². The van der Waals surface area contributed by atoms with Crippen LogP contribution in [0, 0.1) is 11.6 Å². The molecule has 0 heterocycles. The average Bonchev–Trinajstić information content (AvgIpc) is 2.44. The van der Waals surface area contributed by atoms with Crippen LogP contribution >= 0.6 is 24.0 Å². The van der Waals surface area contributed by atoms with Crippen LogP contribution in [-0.4, -0.2) is 32.8 Å². The number of hydrogen-bond acceptors (Lipinski definition) is 2. The number of methoxy groups -OCH3 is 1. The molecule has 4 nitrogen and oxygen atoms in total. The summed E-state index contributed by atoms with van der Waals surface area (Å²) in [5.41, 5.74) is 0.235. The van der Waals surface area contributed by atoms with Crippen molar-refractivity contribution in [3.63, 3.8) is 0 Å². The fourth-order valence-corrected chi connectivity index (χ4v) is 1.59. The third-order valence-corrected chi connectivity index (χ3v) is 2.58. The lowest BCUT2D eigenvalue weighted by molar-refractivity contribution is 0.195. The number of halogens is 3. The zero-order valence-corrected chi connectivity index (χ0v) is 14.6. The number of guanidine groups is 1. The molecule has 0 aliphatic rings. The highest BCUT2D eigenvalue weighted by molar-refractivity contribution is 14.0. The number of nitrogens with zero attached hydrogens (tertiary/aromatic N) is 1. The molecule has 1 aromatic rings. The van der Waals surface area contributed by atoms with Crippen LogP contribution in [0.5, 0.6) is 0 Å². The molecule has 120 valence electrons. The molecule has 7 heteroatoms. The summed E-state index contributed by atoms with van der Waals surface area (Å²) in [4.78, 5) is 4.23. The van der Waals surface area contributed by atoms with Crippen LogP contribution < -0.4 is 10.6 Å². The minimum atomic E-state index is -0.463. The molecule has 0 saturated carbocycles. The highest BCUT2D eigenvalue weighted by Crippen LogP contribution is 2.10. The first-order chi connectivity index (χ1) is 9.67. The number of nitrogens with one attached hydrogen (secondary N) is 2. The van der Waals surface area contributed by atoms with Crippen molar-refractivity contribution in [2.45, 2.75) is 19.9 Å². The Labute approximate surface area is 141 Å². The summed E-state index contributed by atoms with van der Waals surface area (Å²) in [6.45, 7) is 4.08. The van der Waals surface area contributed by atoms with Gasteiger partial charge in [0.05, 0.1) is 6.54 Å². The van der Waals surface area contributed by atoms with Crippen LogP contribution in [0.1, 0.15) is 18.9 Å². The van der Waals surface area contributed by atoms with Crippen LogP contribution in [0.4, 0.5) is 8.78 Å². The van der Waals surface area contributed by atoms with Gasteiger partial charge in [0, 0.05) is 32.4 Å². The van der Waals surface area contributed by atoms with Gasteiger partial charge in [-0.3, -0.25) is 0 Å². The van der Waals surface area contributed by atoms with Crippen molar-refractivity contribution in [2.75, 3.05) is 26.8 Å². The lowest BCUT2D eigenvalue weighted by Crippen LogP contribution is -2.38. The first-order valence-corrected chi connectivity index (χ1v) is 6.62. The van der Waals surface area contributed by atoms with Gasteiger partial charge >= 0.3 is 0 Å². The molecule has 2 N–H and O–H groups in total. The van der Waals surface area contributed by atoms with Crippen LogP contribution in [-0.2, 0) is 11.3 Å². The van der Waals surface area contributed by atoms with E-state index in [0.717, 1.165) is 24.6 Å². The number of benzene rings is 1. The predicted octanol–water partition coefficient (Wildman–Crippen LogP) is 2.67. The summed E-state index contributed by atoms with van der Waals surface area (Å²) in [6.07, 6.45) is 0.843. The van der Waals surface area contributed by atoms with Gasteiger partial charge in [0.15, 0.2) is 5.96 Å². The number of ether oxygens (including phenoxy) is 1.